The first-order valence-electron chi connectivity index (χ1n) is 5.88. The SMILES string of the molecule is COc1ccc(CN(C)C(=O)CCCN)cc1O.Cl. The maximum atomic E-state index is 11.7. The van der Waals surface area contributed by atoms with E-state index in [1.54, 1.807) is 24.1 Å². The minimum atomic E-state index is 0. The molecule has 108 valence electrons. The number of phenols is 1. The highest BCUT2D eigenvalue weighted by atomic mass is 35.5. The van der Waals surface area contributed by atoms with Crippen LogP contribution in [0.5, 0.6) is 11.5 Å². The van der Waals surface area contributed by atoms with Gasteiger partial charge in [-0.25, -0.2) is 0 Å². The fourth-order valence-corrected chi connectivity index (χ4v) is 1.64. The summed E-state index contributed by atoms with van der Waals surface area (Å²) in [6, 6.07) is 5.11. The normalized spacial score (nSPS) is 9.63. The molecule has 6 heteroatoms. The van der Waals surface area contributed by atoms with E-state index in [1.807, 2.05) is 6.07 Å². The van der Waals surface area contributed by atoms with E-state index in [2.05, 4.69) is 0 Å². The van der Waals surface area contributed by atoms with Crippen LogP contribution in [0.25, 0.3) is 0 Å². The van der Waals surface area contributed by atoms with Crippen LogP contribution >= 0.6 is 12.4 Å². The summed E-state index contributed by atoms with van der Waals surface area (Å²) in [5.74, 6) is 0.560. The Morgan fingerprint density at radius 2 is 2.16 bits per heavy atom. The number of ether oxygens (including phenoxy) is 1. The van der Waals surface area contributed by atoms with Gasteiger partial charge in [0.05, 0.1) is 7.11 Å². The monoisotopic (exact) mass is 288 g/mol. The van der Waals surface area contributed by atoms with E-state index in [0.717, 1.165) is 5.56 Å². The number of methoxy groups -OCH3 is 1. The van der Waals surface area contributed by atoms with Crippen molar-refractivity contribution < 1.29 is 14.6 Å². The molecule has 1 amide bonds. The molecule has 0 aromatic heterocycles. The van der Waals surface area contributed by atoms with Crippen LogP contribution in [-0.2, 0) is 11.3 Å². The van der Waals surface area contributed by atoms with Crippen LogP contribution in [0.3, 0.4) is 0 Å². The van der Waals surface area contributed by atoms with Crippen molar-refractivity contribution in [3.8, 4) is 11.5 Å². The summed E-state index contributed by atoms with van der Waals surface area (Å²) in [4.78, 5) is 13.3. The molecule has 0 aliphatic rings. The quantitative estimate of drug-likeness (QED) is 0.832. The number of hydrogen-bond acceptors (Lipinski definition) is 4. The molecule has 0 saturated heterocycles. The molecule has 0 saturated carbocycles. The number of nitrogens with zero attached hydrogens (tertiary/aromatic N) is 1. The lowest BCUT2D eigenvalue weighted by Crippen LogP contribution is -2.26. The predicted octanol–water partition coefficient (Wildman–Crippen LogP) is 1.52. The second-order valence-corrected chi connectivity index (χ2v) is 4.15. The van der Waals surface area contributed by atoms with E-state index in [9.17, 15) is 9.90 Å². The number of carbonyl (C=O) groups is 1. The van der Waals surface area contributed by atoms with Crippen LogP contribution < -0.4 is 10.5 Å². The molecule has 1 rings (SSSR count). The third-order valence-electron chi connectivity index (χ3n) is 2.68. The summed E-state index contributed by atoms with van der Waals surface area (Å²) >= 11 is 0. The second kappa shape index (κ2) is 8.61. The molecule has 0 fully saturated rings. The number of hydrogen-bond donors (Lipinski definition) is 2. The smallest absolute Gasteiger partial charge is 0.222 e. The highest BCUT2D eigenvalue weighted by Gasteiger charge is 2.10. The fourth-order valence-electron chi connectivity index (χ4n) is 1.64. The fraction of sp³-hybridized carbons (Fsp3) is 0.462. The van der Waals surface area contributed by atoms with Gasteiger partial charge in [-0.3, -0.25) is 4.79 Å². The van der Waals surface area contributed by atoms with Gasteiger partial charge in [0.1, 0.15) is 0 Å². The van der Waals surface area contributed by atoms with Crippen molar-refractivity contribution in [2.75, 3.05) is 20.7 Å². The number of carbonyl (C=O) groups excluding carboxylic acids is 1. The average molecular weight is 289 g/mol. The molecule has 3 N–H and O–H groups in total. The van der Waals surface area contributed by atoms with E-state index < -0.39 is 0 Å². The van der Waals surface area contributed by atoms with E-state index in [1.165, 1.54) is 7.11 Å². The first-order valence-corrected chi connectivity index (χ1v) is 5.88. The van der Waals surface area contributed by atoms with Gasteiger partial charge in [0, 0.05) is 20.0 Å². The Morgan fingerprint density at radius 1 is 1.47 bits per heavy atom. The van der Waals surface area contributed by atoms with Gasteiger partial charge in [-0.05, 0) is 30.7 Å². The number of rotatable bonds is 6. The highest BCUT2D eigenvalue weighted by Crippen LogP contribution is 2.26. The van der Waals surface area contributed by atoms with Crippen molar-refractivity contribution in [3.05, 3.63) is 23.8 Å². The van der Waals surface area contributed by atoms with E-state index in [0.29, 0.717) is 31.7 Å². The molecule has 1 aromatic carbocycles. The maximum absolute atomic E-state index is 11.7. The van der Waals surface area contributed by atoms with Crippen LogP contribution in [0, 0.1) is 0 Å². The lowest BCUT2D eigenvalue weighted by Gasteiger charge is -2.17. The molecule has 0 radical (unpaired) electrons. The largest absolute Gasteiger partial charge is 0.504 e. The molecule has 1 aromatic rings. The zero-order chi connectivity index (χ0) is 13.5. The van der Waals surface area contributed by atoms with Crippen molar-refractivity contribution >= 4 is 18.3 Å². The Kier molecular flexibility index (Phi) is 7.95. The number of nitrogens with two attached hydrogens (primary N) is 1. The Balaban J connectivity index is 0.00000324. The number of halogens is 1. The van der Waals surface area contributed by atoms with Gasteiger partial charge >= 0.3 is 0 Å². The Morgan fingerprint density at radius 3 is 2.68 bits per heavy atom. The summed E-state index contributed by atoms with van der Waals surface area (Å²) in [5, 5.41) is 9.64. The van der Waals surface area contributed by atoms with E-state index in [4.69, 9.17) is 10.5 Å². The highest BCUT2D eigenvalue weighted by molar-refractivity contribution is 5.85. The van der Waals surface area contributed by atoms with Gasteiger partial charge in [0.15, 0.2) is 11.5 Å². The summed E-state index contributed by atoms with van der Waals surface area (Å²) < 4.78 is 4.96. The lowest BCUT2D eigenvalue weighted by molar-refractivity contribution is -0.130. The van der Waals surface area contributed by atoms with Gasteiger partial charge in [0.25, 0.3) is 0 Å². The van der Waals surface area contributed by atoms with Crippen LogP contribution in [0.1, 0.15) is 18.4 Å². The van der Waals surface area contributed by atoms with Gasteiger partial charge in [-0.2, -0.15) is 0 Å². The third kappa shape index (κ3) is 5.36. The number of amides is 1. The first kappa shape index (κ1) is 17.5. The predicted molar refractivity (Wildman–Crippen MR) is 76.7 cm³/mol. The van der Waals surface area contributed by atoms with Crippen LogP contribution in [-0.4, -0.2) is 36.6 Å². The topological polar surface area (TPSA) is 75.8 Å². The van der Waals surface area contributed by atoms with Crippen LogP contribution in [0.2, 0.25) is 0 Å². The molecular formula is C13H21ClN2O3. The lowest BCUT2D eigenvalue weighted by atomic mass is 10.2. The number of benzene rings is 1. The summed E-state index contributed by atoms with van der Waals surface area (Å²) in [6.07, 6.45) is 1.15. The second-order valence-electron chi connectivity index (χ2n) is 4.15. The summed E-state index contributed by atoms with van der Waals surface area (Å²) in [6.45, 7) is 0.976. The van der Waals surface area contributed by atoms with Gasteiger partial charge in [-0.15, -0.1) is 12.4 Å². The average Bonchev–Trinajstić information content (AvgIpc) is 2.36. The Labute approximate surface area is 119 Å². The summed E-state index contributed by atoms with van der Waals surface area (Å²) in [7, 11) is 3.23. The zero-order valence-corrected chi connectivity index (χ0v) is 12.1. The zero-order valence-electron chi connectivity index (χ0n) is 11.3. The van der Waals surface area contributed by atoms with E-state index >= 15 is 0 Å². The number of phenolic OH excluding ortho intramolecular Hbond substituents is 1. The molecule has 0 bridgehead atoms. The van der Waals surface area contributed by atoms with Crippen molar-refractivity contribution in [2.24, 2.45) is 5.73 Å². The van der Waals surface area contributed by atoms with Crippen LogP contribution in [0.15, 0.2) is 18.2 Å². The van der Waals surface area contributed by atoms with Gasteiger partial charge in [-0.1, -0.05) is 6.07 Å². The van der Waals surface area contributed by atoms with Gasteiger partial charge < -0.3 is 20.5 Å². The van der Waals surface area contributed by atoms with Crippen molar-refractivity contribution in [3.63, 3.8) is 0 Å². The molecule has 5 nitrogen and oxygen atoms in total. The van der Waals surface area contributed by atoms with Crippen molar-refractivity contribution in [2.45, 2.75) is 19.4 Å². The van der Waals surface area contributed by atoms with Crippen molar-refractivity contribution in [1.82, 2.24) is 4.90 Å². The van der Waals surface area contributed by atoms with Crippen LogP contribution in [0.4, 0.5) is 0 Å². The molecule has 0 aliphatic heterocycles. The standard InChI is InChI=1S/C13H20N2O3.ClH/c1-15(13(17)4-3-7-14)9-10-5-6-12(18-2)11(16)8-10;/h5-6,8,16H,3-4,7,9,14H2,1-2H3;1H. The number of aromatic hydroxyl groups is 1. The minimum absolute atomic E-state index is 0. The first-order chi connectivity index (χ1) is 8.58. The molecule has 0 atom stereocenters. The molecular weight excluding hydrogens is 268 g/mol. The molecule has 0 spiro atoms. The Hall–Kier alpha value is -1.46. The third-order valence-corrected chi connectivity index (χ3v) is 2.68. The van der Waals surface area contributed by atoms with Gasteiger partial charge in [0.2, 0.25) is 5.91 Å². The molecule has 0 unspecified atom stereocenters. The molecule has 0 aliphatic carbocycles. The minimum Gasteiger partial charge on any atom is -0.504 e. The van der Waals surface area contributed by atoms with Crippen molar-refractivity contribution in [1.29, 1.82) is 0 Å². The Bertz CT molecular complexity index is 413. The molecule has 19 heavy (non-hydrogen) atoms. The van der Waals surface area contributed by atoms with E-state index in [-0.39, 0.29) is 24.1 Å². The summed E-state index contributed by atoms with van der Waals surface area (Å²) in [5.41, 5.74) is 6.22. The maximum Gasteiger partial charge on any atom is 0.222 e. The molecule has 0 heterocycles.